The van der Waals surface area contributed by atoms with Crippen molar-refractivity contribution in [3.8, 4) is 11.1 Å². The molecule has 4 aromatic rings. The highest BCUT2D eigenvalue weighted by Gasteiger charge is 2.22. The van der Waals surface area contributed by atoms with Crippen LogP contribution in [0, 0.1) is 20.8 Å². The number of aliphatic carboxylic acids is 1. The first-order chi connectivity index (χ1) is 16.2. The fourth-order valence-corrected chi connectivity index (χ4v) is 4.47. The molecule has 1 amide bonds. The van der Waals surface area contributed by atoms with Crippen molar-refractivity contribution in [2.45, 2.75) is 53.0 Å². The van der Waals surface area contributed by atoms with Gasteiger partial charge in [0, 0.05) is 33.9 Å². The Morgan fingerprint density at radius 1 is 1.00 bits per heavy atom. The minimum absolute atomic E-state index is 0.0117. The maximum atomic E-state index is 12.8. The predicted molar refractivity (Wildman–Crippen MR) is 130 cm³/mol. The van der Waals surface area contributed by atoms with Gasteiger partial charge in [-0.25, -0.2) is 9.59 Å². The van der Waals surface area contributed by atoms with Crippen molar-refractivity contribution in [1.82, 2.24) is 5.32 Å². The van der Waals surface area contributed by atoms with E-state index in [4.69, 9.17) is 13.9 Å². The summed E-state index contributed by atoms with van der Waals surface area (Å²) >= 11 is 0. The standard InChI is InChI=1S/C27H27NO6/c1-5-21(26(30)31)28-22(29)12-11-18-14(2)19-13-20-23(17-9-7-6-8-10-17)16(4)33-25(20)15(3)24(19)34-27(18)32/h6-10,13,21H,5,11-12H2,1-4H3,(H,28,29)(H,30,31)/t21-/m1/s1. The van der Waals surface area contributed by atoms with Gasteiger partial charge in [-0.15, -0.1) is 0 Å². The normalized spacial score (nSPS) is 12.2. The molecule has 0 aliphatic carbocycles. The number of aryl methyl sites for hydroxylation is 3. The van der Waals surface area contributed by atoms with E-state index >= 15 is 0 Å². The lowest BCUT2D eigenvalue weighted by Crippen LogP contribution is -2.40. The van der Waals surface area contributed by atoms with Gasteiger partial charge in [-0.3, -0.25) is 4.79 Å². The molecular weight excluding hydrogens is 434 g/mol. The van der Waals surface area contributed by atoms with E-state index in [2.05, 4.69) is 5.32 Å². The third-order valence-electron chi connectivity index (χ3n) is 6.34. The number of carboxylic acid groups (broad SMARTS) is 1. The maximum absolute atomic E-state index is 12.8. The topological polar surface area (TPSA) is 110 Å². The van der Waals surface area contributed by atoms with Gasteiger partial charge in [-0.2, -0.15) is 0 Å². The average molecular weight is 462 g/mol. The lowest BCUT2D eigenvalue weighted by atomic mass is 9.96. The van der Waals surface area contributed by atoms with Crippen LogP contribution in [0.4, 0.5) is 0 Å². The summed E-state index contributed by atoms with van der Waals surface area (Å²) in [5.74, 6) is -0.724. The van der Waals surface area contributed by atoms with Gasteiger partial charge >= 0.3 is 11.6 Å². The summed E-state index contributed by atoms with van der Waals surface area (Å²) in [4.78, 5) is 36.3. The molecule has 176 valence electrons. The number of rotatable bonds is 7. The number of furan rings is 1. The van der Waals surface area contributed by atoms with Crippen molar-refractivity contribution in [2.75, 3.05) is 0 Å². The number of carbonyl (C=O) groups is 2. The summed E-state index contributed by atoms with van der Waals surface area (Å²) < 4.78 is 11.8. The molecule has 4 rings (SSSR count). The van der Waals surface area contributed by atoms with Crippen LogP contribution in [0.3, 0.4) is 0 Å². The van der Waals surface area contributed by atoms with E-state index in [1.54, 1.807) is 6.92 Å². The molecule has 2 N–H and O–H groups in total. The van der Waals surface area contributed by atoms with E-state index in [1.807, 2.05) is 57.2 Å². The molecule has 2 aromatic heterocycles. The predicted octanol–water partition coefficient (Wildman–Crippen LogP) is 5.04. The highest BCUT2D eigenvalue weighted by molar-refractivity contribution is 6.05. The van der Waals surface area contributed by atoms with Crippen molar-refractivity contribution < 1.29 is 23.5 Å². The first kappa shape index (κ1) is 23.3. The summed E-state index contributed by atoms with van der Waals surface area (Å²) in [6.45, 7) is 7.32. The second-order valence-electron chi connectivity index (χ2n) is 8.51. The molecule has 2 aromatic carbocycles. The summed E-state index contributed by atoms with van der Waals surface area (Å²) in [5, 5.41) is 13.4. The quantitative estimate of drug-likeness (QED) is 0.373. The van der Waals surface area contributed by atoms with E-state index in [9.17, 15) is 14.4 Å². The van der Waals surface area contributed by atoms with E-state index in [1.165, 1.54) is 0 Å². The maximum Gasteiger partial charge on any atom is 0.339 e. The molecule has 34 heavy (non-hydrogen) atoms. The molecule has 0 saturated carbocycles. The largest absolute Gasteiger partial charge is 0.480 e. The van der Waals surface area contributed by atoms with Crippen LogP contribution in [-0.2, 0) is 16.0 Å². The lowest BCUT2D eigenvalue weighted by molar-refractivity contribution is -0.141. The molecule has 1 atom stereocenters. The van der Waals surface area contributed by atoms with Crippen molar-refractivity contribution in [3.05, 3.63) is 69.3 Å². The average Bonchev–Trinajstić information content (AvgIpc) is 3.14. The zero-order valence-corrected chi connectivity index (χ0v) is 19.7. The van der Waals surface area contributed by atoms with E-state index in [0.29, 0.717) is 16.7 Å². The number of hydrogen-bond donors (Lipinski definition) is 2. The van der Waals surface area contributed by atoms with Gasteiger partial charge in [0.15, 0.2) is 0 Å². The van der Waals surface area contributed by atoms with Crippen LogP contribution in [0.25, 0.3) is 33.1 Å². The van der Waals surface area contributed by atoms with E-state index in [0.717, 1.165) is 38.8 Å². The molecule has 7 nitrogen and oxygen atoms in total. The Kier molecular flexibility index (Phi) is 6.28. The third-order valence-corrected chi connectivity index (χ3v) is 6.34. The van der Waals surface area contributed by atoms with Crippen molar-refractivity contribution in [3.63, 3.8) is 0 Å². The van der Waals surface area contributed by atoms with Gasteiger partial charge < -0.3 is 19.3 Å². The fourth-order valence-electron chi connectivity index (χ4n) is 4.47. The Bertz CT molecular complexity index is 1460. The summed E-state index contributed by atoms with van der Waals surface area (Å²) in [7, 11) is 0. The van der Waals surface area contributed by atoms with Crippen LogP contribution in [0.5, 0.6) is 0 Å². The van der Waals surface area contributed by atoms with Gasteiger partial charge in [0.1, 0.15) is 23.0 Å². The molecule has 0 bridgehead atoms. The summed E-state index contributed by atoms with van der Waals surface area (Å²) in [6.07, 6.45) is 0.419. The zero-order chi connectivity index (χ0) is 24.6. The van der Waals surface area contributed by atoms with Crippen LogP contribution in [0.2, 0.25) is 0 Å². The molecule has 0 saturated heterocycles. The number of benzene rings is 2. The Morgan fingerprint density at radius 2 is 1.68 bits per heavy atom. The van der Waals surface area contributed by atoms with Crippen molar-refractivity contribution in [2.24, 2.45) is 0 Å². The molecule has 0 fully saturated rings. The van der Waals surface area contributed by atoms with Gasteiger partial charge in [-0.1, -0.05) is 37.3 Å². The number of fused-ring (bicyclic) bond motifs is 2. The van der Waals surface area contributed by atoms with Crippen LogP contribution < -0.4 is 10.9 Å². The first-order valence-electron chi connectivity index (χ1n) is 11.3. The third kappa shape index (κ3) is 4.09. The van der Waals surface area contributed by atoms with Gasteiger partial charge in [0.05, 0.1) is 0 Å². The van der Waals surface area contributed by atoms with Crippen molar-refractivity contribution >= 4 is 33.8 Å². The highest BCUT2D eigenvalue weighted by Crippen LogP contribution is 2.39. The van der Waals surface area contributed by atoms with Crippen LogP contribution >= 0.6 is 0 Å². The minimum Gasteiger partial charge on any atom is -0.480 e. The minimum atomic E-state index is -1.08. The second kappa shape index (κ2) is 9.17. The first-order valence-corrected chi connectivity index (χ1v) is 11.3. The van der Waals surface area contributed by atoms with Crippen LogP contribution in [0.15, 0.2) is 50.0 Å². The van der Waals surface area contributed by atoms with Crippen molar-refractivity contribution in [1.29, 1.82) is 0 Å². The molecule has 2 heterocycles. The van der Waals surface area contributed by atoms with Crippen LogP contribution in [0.1, 0.15) is 42.2 Å². The highest BCUT2D eigenvalue weighted by atomic mass is 16.4. The second-order valence-corrected chi connectivity index (χ2v) is 8.51. The number of carboxylic acids is 1. The van der Waals surface area contributed by atoms with Gasteiger partial charge in [0.25, 0.3) is 0 Å². The number of amides is 1. The Morgan fingerprint density at radius 3 is 2.32 bits per heavy atom. The fraction of sp³-hybridized carbons (Fsp3) is 0.296. The summed E-state index contributed by atoms with van der Waals surface area (Å²) in [5.41, 5.74) is 4.57. The Hall–Kier alpha value is -3.87. The Balaban J connectivity index is 1.77. The molecule has 0 spiro atoms. The van der Waals surface area contributed by atoms with E-state index in [-0.39, 0.29) is 19.3 Å². The molecule has 0 aliphatic rings. The molecule has 0 unspecified atom stereocenters. The van der Waals surface area contributed by atoms with Gasteiger partial charge in [0.2, 0.25) is 5.91 Å². The Labute approximate surface area is 196 Å². The smallest absolute Gasteiger partial charge is 0.339 e. The number of carbonyl (C=O) groups excluding carboxylic acids is 1. The number of hydrogen-bond acceptors (Lipinski definition) is 5. The van der Waals surface area contributed by atoms with Gasteiger partial charge in [-0.05, 0) is 50.8 Å². The molecule has 7 heteroatoms. The van der Waals surface area contributed by atoms with Crippen LogP contribution in [-0.4, -0.2) is 23.0 Å². The number of nitrogens with one attached hydrogen (secondary N) is 1. The monoisotopic (exact) mass is 461 g/mol. The molecule has 0 aliphatic heterocycles. The summed E-state index contributed by atoms with van der Waals surface area (Å²) in [6, 6.07) is 11.0. The zero-order valence-electron chi connectivity index (χ0n) is 19.7. The molecule has 0 radical (unpaired) electrons. The SMILES string of the molecule is CC[C@@H](NC(=O)CCc1c(C)c2cc3c(-c4ccccc4)c(C)oc3c(C)c2oc1=O)C(=O)O. The lowest BCUT2D eigenvalue weighted by Gasteiger charge is -2.13. The van der Waals surface area contributed by atoms with E-state index < -0.39 is 23.5 Å². The molecular formula is C27H27NO6.